The van der Waals surface area contributed by atoms with E-state index in [-0.39, 0.29) is 5.78 Å². The van der Waals surface area contributed by atoms with Crippen LogP contribution in [-0.4, -0.2) is 24.3 Å². The number of hydrogen-bond acceptors (Lipinski definition) is 5. The van der Waals surface area contributed by atoms with E-state index in [1.54, 1.807) is 36.4 Å². The average molecular weight is 474 g/mol. The summed E-state index contributed by atoms with van der Waals surface area (Å²) in [6, 6.07) is 18.9. The van der Waals surface area contributed by atoms with Crippen LogP contribution in [0.4, 0.5) is 0 Å². The van der Waals surface area contributed by atoms with Gasteiger partial charge in [0.15, 0.2) is 12.4 Å². The van der Waals surface area contributed by atoms with E-state index in [2.05, 4.69) is 15.9 Å². The van der Waals surface area contributed by atoms with Gasteiger partial charge in [-0.1, -0.05) is 27.5 Å². The first-order chi connectivity index (χ1) is 13.9. The molecule has 0 amide bonds. The van der Waals surface area contributed by atoms with Gasteiger partial charge in [-0.25, -0.2) is 9.59 Å². The number of ketones is 1. The second kappa shape index (κ2) is 9.49. The van der Waals surface area contributed by atoms with E-state index in [9.17, 15) is 14.4 Å². The third-order valence-corrected chi connectivity index (χ3v) is 4.66. The zero-order valence-electron chi connectivity index (χ0n) is 14.9. The fourth-order valence-corrected chi connectivity index (χ4v) is 2.73. The highest BCUT2D eigenvalue weighted by Gasteiger charge is 2.13. The van der Waals surface area contributed by atoms with Crippen molar-refractivity contribution in [3.63, 3.8) is 0 Å². The summed E-state index contributed by atoms with van der Waals surface area (Å²) in [5.74, 6) is -1.20. The smallest absolute Gasteiger partial charge is 0.343 e. The van der Waals surface area contributed by atoms with Crippen molar-refractivity contribution in [2.45, 2.75) is 0 Å². The number of halogens is 2. The molecule has 3 rings (SSSR count). The Balaban J connectivity index is 1.55. The van der Waals surface area contributed by atoms with Crippen molar-refractivity contribution in [1.82, 2.24) is 0 Å². The number of hydrogen-bond donors (Lipinski definition) is 0. The SMILES string of the molecule is O=C(COC(=O)c1ccc(Cl)cc1)c1ccc(OC(=O)c2ccc(Br)cc2)cc1. The Bertz CT molecular complexity index is 1030. The molecular formula is C22H14BrClO5. The summed E-state index contributed by atoms with van der Waals surface area (Å²) in [7, 11) is 0. The lowest BCUT2D eigenvalue weighted by Crippen LogP contribution is -2.14. The number of benzene rings is 3. The zero-order chi connectivity index (χ0) is 20.8. The molecule has 0 saturated heterocycles. The Morgan fingerprint density at radius 1 is 0.724 bits per heavy atom. The van der Waals surface area contributed by atoms with Gasteiger partial charge in [0.1, 0.15) is 5.75 Å². The highest BCUT2D eigenvalue weighted by Crippen LogP contribution is 2.17. The van der Waals surface area contributed by atoms with E-state index in [1.807, 2.05) is 0 Å². The van der Waals surface area contributed by atoms with Crippen molar-refractivity contribution in [3.05, 3.63) is 99.0 Å². The molecule has 0 aliphatic carbocycles. The summed E-state index contributed by atoms with van der Waals surface area (Å²) < 4.78 is 11.2. The third kappa shape index (κ3) is 5.76. The Morgan fingerprint density at radius 3 is 1.86 bits per heavy atom. The summed E-state index contributed by atoms with van der Waals surface area (Å²) in [5, 5.41) is 0.499. The van der Waals surface area contributed by atoms with Crippen molar-refractivity contribution in [3.8, 4) is 5.75 Å². The number of esters is 2. The largest absolute Gasteiger partial charge is 0.454 e. The Labute approximate surface area is 180 Å². The predicted octanol–water partition coefficient (Wildman–Crippen LogP) is 5.36. The van der Waals surface area contributed by atoms with Gasteiger partial charge in [0, 0.05) is 15.1 Å². The maximum atomic E-state index is 12.2. The van der Waals surface area contributed by atoms with Gasteiger partial charge in [-0.3, -0.25) is 4.79 Å². The first-order valence-electron chi connectivity index (χ1n) is 8.46. The highest BCUT2D eigenvalue weighted by atomic mass is 79.9. The minimum absolute atomic E-state index is 0.299. The van der Waals surface area contributed by atoms with Crippen LogP contribution >= 0.6 is 27.5 Å². The van der Waals surface area contributed by atoms with Crippen molar-refractivity contribution in [2.24, 2.45) is 0 Å². The second-order valence-corrected chi connectivity index (χ2v) is 7.28. The molecule has 0 saturated carbocycles. The average Bonchev–Trinajstić information content (AvgIpc) is 2.73. The molecule has 0 fully saturated rings. The lowest BCUT2D eigenvalue weighted by Gasteiger charge is -2.07. The van der Waals surface area contributed by atoms with Gasteiger partial charge in [-0.05, 0) is 72.8 Å². The molecule has 0 radical (unpaired) electrons. The van der Waals surface area contributed by atoms with Gasteiger partial charge in [0.05, 0.1) is 11.1 Å². The standard InChI is InChI=1S/C22H14BrClO5/c23-17-7-1-16(2-8-17)22(27)29-19-11-5-14(6-12-19)20(25)13-28-21(26)15-3-9-18(24)10-4-15/h1-12H,13H2. The Morgan fingerprint density at radius 2 is 1.24 bits per heavy atom. The van der Waals surface area contributed by atoms with E-state index >= 15 is 0 Å². The first-order valence-corrected chi connectivity index (χ1v) is 9.63. The topological polar surface area (TPSA) is 69.7 Å². The zero-order valence-corrected chi connectivity index (χ0v) is 17.3. The number of carbonyl (C=O) groups excluding carboxylic acids is 3. The van der Waals surface area contributed by atoms with E-state index in [4.69, 9.17) is 21.1 Å². The second-order valence-electron chi connectivity index (χ2n) is 5.93. The molecule has 0 bridgehead atoms. The molecule has 5 nitrogen and oxygen atoms in total. The molecule has 29 heavy (non-hydrogen) atoms. The van der Waals surface area contributed by atoms with E-state index in [0.29, 0.717) is 27.5 Å². The van der Waals surface area contributed by atoms with Crippen molar-refractivity contribution in [2.75, 3.05) is 6.61 Å². The van der Waals surface area contributed by atoms with Crippen LogP contribution in [0.15, 0.2) is 77.3 Å². The van der Waals surface area contributed by atoms with E-state index in [1.165, 1.54) is 36.4 Å². The third-order valence-electron chi connectivity index (χ3n) is 3.88. The lowest BCUT2D eigenvalue weighted by molar-refractivity contribution is 0.0474. The normalized spacial score (nSPS) is 10.3. The van der Waals surface area contributed by atoms with Crippen molar-refractivity contribution >= 4 is 45.3 Å². The maximum Gasteiger partial charge on any atom is 0.343 e. The van der Waals surface area contributed by atoms with Gasteiger partial charge >= 0.3 is 11.9 Å². The van der Waals surface area contributed by atoms with Crippen LogP contribution in [0, 0.1) is 0 Å². The van der Waals surface area contributed by atoms with Crippen molar-refractivity contribution in [1.29, 1.82) is 0 Å². The quantitative estimate of drug-likeness (QED) is 0.274. The van der Waals surface area contributed by atoms with Gasteiger partial charge in [0.25, 0.3) is 0 Å². The van der Waals surface area contributed by atoms with Crippen LogP contribution in [0.3, 0.4) is 0 Å². The summed E-state index contributed by atoms with van der Waals surface area (Å²) in [6.07, 6.45) is 0. The molecule has 0 aromatic heterocycles. The molecule has 0 aliphatic heterocycles. The lowest BCUT2D eigenvalue weighted by atomic mass is 10.1. The molecular weight excluding hydrogens is 460 g/mol. The van der Waals surface area contributed by atoms with Crippen LogP contribution in [0.5, 0.6) is 5.75 Å². The first kappa shape index (κ1) is 20.8. The number of rotatable bonds is 6. The van der Waals surface area contributed by atoms with Gasteiger partial charge < -0.3 is 9.47 Å². The van der Waals surface area contributed by atoms with E-state index < -0.39 is 18.5 Å². The molecule has 0 heterocycles. The van der Waals surface area contributed by atoms with Crippen LogP contribution in [-0.2, 0) is 4.74 Å². The van der Waals surface area contributed by atoms with Crippen LogP contribution in [0.25, 0.3) is 0 Å². The molecule has 0 spiro atoms. The summed E-state index contributed by atoms with van der Waals surface area (Å²) >= 11 is 9.07. The predicted molar refractivity (Wildman–Crippen MR) is 112 cm³/mol. The summed E-state index contributed by atoms with van der Waals surface area (Å²) in [5.41, 5.74) is 1.04. The summed E-state index contributed by atoms with van der Waals surface area (Å²) in [4.78, 5) is 36.3. The fourth-order valence-electron chi connectivity index (χ4n) is 2.34. The molecule has 0 aliphatic rings. The van der Waals surface area contributed by atoms with Gasteiger partial charge in [-0.2, -0.15) is 0 Å². The van der Waals surface area contributed by atoms with E-state index in [0.717, 1.165) is 4.47 Å². The minimum atomic E-state index is -0.616. The number of Topliss-reactive ketones (excluding diaryl/α,β-unsaturated/α-hetero) is 1. The molecule has 146 valence electrons. The number of carbonyl (C=O) groups is 3. The molecule has 7 heteroatoms. The summed E-state index contributed by atoms with van der Waals surface area (Å²) in [6.45, 7) is -0.403. The Hall–Kier alpha value is -2.96. The molecule has 0 unspecified atom stereocenters. The van der Waals surface area contributed by atoms with Crippen LogP contribution in [0.1, 0.15) is 31.1 Å². The fraction of sp³-hybridized carbons (Fsp3) is 0.0455. The molecule has 0 N–H and O–H groups in total. The van der Waals surface area contributed by atoms with Gasteiger partial charge in [0.2, 0.25) is 0 Å². The minimum Gasteiger partial charge on any atom is -0.454 e. The molecule has 0 atom stereocenters. The Kier molecular flexibility index (Phi) is 6.80. The molecule has 3 aromatic rings. The maximum absolute atomic E-state index is 12.2. The van der Waals surface area contributed by atoms with Crippen LogP contribution in [0.2, 0.25) is 5.02 Å². The highest BCUT2D eigenvalue weighted by molar-refractivity contribution is 9.10. The monoisotopic (exact) mass is 472 g/mol. The molecule has 3 aromatic carbocycles. The van der Waals surface area contributed by atoms with Crippen LogP contribution < -0.4 is 4.74 Å². The van der Waals surface area contributed by atoms with Crippen molar-refractivity contribution < 1.29 is 23.9 Å². The van der Waals surface area contributed by atoms with Gasteiger partial charge in [-0.15, -0.1) is 0 Å². The number of ether oxygens (including phenoxy) is 2.